The predicted octanol–water partition coefficient (Wildman–Crippen LogP) is 2.95. The minimum atomic E-state index is 0.0124. The van der Waals surface area contributed by atoms with E-state index in [2.05, 4.69) is 4.90 Å². The summed E-state index contributed by atoms with van der Waals surface area (Å²) in [6.45, 7) is 2.67. The van der Waals surface area contributed by atoms with Crippen molar-refractivity contribution >= 4 is 11.8 Å². The predicted molar refractivity (Wildman–Crippen MR) is 125 cm³/mol. The summed E-state index contributed by atoms with van der Waals surface area (Å²) in [6.07, 6.45) is 7.32. The number of carbonyl (C=O) groups is 2. The Morgan fingerprint density at radius 3 is 2.31 bits per heavy atom. The van der Waals surface area contributed by atoms with Gasteiger partial charge in [0.15, 0.2) is 11.5 Å². The zero-order chi connectivity index (χ0) is 23.1. The first-order valence-corrected chi connectivity index (χ1v) is 11.8. The van der Waals surface area contributed by atoms with Gasteiger partial charge < -0.3 is 24.2 Å². The zero-order valence-electron chi connectivity index (χ0n) is 20.2. The molecule has 7 nitrogen and oxygen atoms in total. The van der Waals surface area contributed by atoms with E-state index in [0.29, 0.717) is 43.5 Å². The lowest BCUT2D eigenvalue weighted by atomic mass is 9.98. The highest BCUT2D eigenvalue weighted by atomic mass is 16.5. The number of likely N-dealkylation sites (N-methyl/N-ethyl adjacent to an activating group) is 1. The Morgan fingerprint density at radius 1 is 1.03 bits per heavy atom. The third-order valence-corrected chi connectivity index (χ3v) is 6.81. The summed E-state index contributed by atoms with van der Waals surface area (Å²) in [6, 6.07) is 3.97. The lowest BCUT2D eigenvalue weighted by molar-refractivity contribution is -0.141. The van der Waals surface area contributed by atoms with Crippen molar-refractivity contribution in [2.24, 2.45) is 5.92 Å². The van der Waals surface area contributed by atoms with Gasteiger partial charge in [-0.05, 0) is 56.1 Å². The second-order valence-electron chi connectivity index (χ2n) is 9.35. The molecule has 1 saturated carbocycles. The molecule has 2 aliphatic rings. The van der Waals surface area contributed by atoms with Crippen molar-refractivity contribution in [2.75, 3.05) is 54.5 Å². The fourth-order valence-corrected chi connectivity index (χ4v) is 4.76. The molecule has 1 fully saturated rings. The second kappa shape index (κ2) is 11.5. The number of amides is 2. The number of fused-ring (bicyclic) bond motifs is 1. The van der Waals surface area contributed by atoms with Crippen LogP contribution in [-0.4, -0.2) is 81.0 Å². The number of ether oxygens (including phenoxy) is 2. The summed E-state index contributed by atoms with van der Waals surface area (Å²) < 4.78 is 10.8. The normalized spacial score (nSPS) is 16.2. The van der Waals surface area contributed by atoms with Crippen LogP contribution < -0.4 is 9.47 Å². The highest BCUT2D eigenvalue weighted by molar-refractivity contribution is 5.85. The maximum absolute atomic E-state index is 13.2. The molecule has 3 rings (SSSR count). The molecule has 0 atom stereocenters. The number of hydrogen-bond donors (Lipinski definition) is 0. The van der Waals surface area contributed by atoms with E-state index in [0.717, 1.165) is 24.9 Å². The van der Waals surface area contributed by atoms with Crippen LogP contribution >= 0.6 is 0 Å². The molecule has 32 heavy (non-hydrogen) atoms. The van der Waals surface area contributed by atoms with E-state index < -0.39 is 0 Å². The van der Waals surface area contributed by atoms with Gasteiger partial charge in [-0.2, -0.15) is 0 Å². The molecule has 0 saturated heterocycles. The number of rotatable bonds is 10. The molecule has 0 aromatic heterocycles. The summed E-state index contributed by atoms with van der Waals surface area (Å²) in [5, 5.41) is 0. The van der Waals surface area contributed by atoms with E-state index in [1.54, 1.807) is 19.1 Å². The molecule has 1 heterocycles. The molecular formula is C25H39N3O4. The first kappa shape index (κ1) is 24.4. The summed E-state index contributed by atoms with van der Waals surface area (Å²) >= 11 is 0. The van der Waals surface area contributed by atoms with Crippen molar-refractivity contribution in [3.63, 3.8) is 0 Å². The standard InChI is InChI=1S/C25H39N3O4/c1-26(2)13-14-28(24(29)10-9-19-7-5-6-8-19)18-25(30)27-12-11-20-15-22(31-3)23(32-4)16-21(20)17-27/h15-16,19H,5-14,17-18H2,1-4H3. The second-order valence-corrected chi connectivity index (χ2v) is 9.35. The van der Waals surface area contributed by atoms with Gasteiger partial charge in [-0.3, -0.25) is 9.59 Å². The van der Waals surface area contributed by atoms with Gasteiger partial charge in [0.1, 0.15) is 0 Å². The number of hydrogen-bond acceptors (Lipinski definition) is 5. The van der Waals surface area contributed by atoms with Crippen molar-refractivity contribution in [3.05, 3.63) is 23.3 Å². The van der Waals surface area contributed by atoms with E-state index in [-0.39, 0.29) is 18.4 Å². The Hall–Kier alpha value is -2.28. The van der Waals surface area contributed by atoms with E-state index in [9.17, 15) is 9.59 Å². The van der Waals surface area contributed by atoms with Crippen molar-refractivity contribution in [2.45, 2.75) is 51.5 Å². The van der Waals surface area contributed by atoms with Crippen LogP contribution in [0.15, 0.2) is 12.1 Å². The minimum Gasteiger partial charge on any atom is -0.493 e. The van der Waals surface area contributed by atoms with Gasteiger partial charge in [0, 0.05) is 32.6 Å². The van der Waals surface area contributed by atoms with Gasteiger partial charge in [0.05, 0.1) is 20.8 Å². The summed E-state index contributed by atoms with van der Waals surface area (Å²) in [5.74, 6) is 2.19. The lowest BCUT2D eigenvalue weighted by Gasteiger charge is -2.32. The third-order valence-electron chi connectivity index (χ3n) is 6.81. The smallest absolute Gasteiger partial charge is 0.242 e. The Balaban J connectivity index is 1.62. The minimum absolute atomic E-state index is 0.0124. The topological polar surface area (TPSA) is 62.3 Å². The van der Waals surface area contributed by atoms with Crippen LogP contribution in [0, 0.1) is 5.92 Å². The molecule has 0 N–H and O–H groups in total. The Kier molecular flexibility index (Phi) is 8.79. The van der Waals surface area contributed by atoms with E-state index in [1.165, 1.54) is 31.2 Å². The molecule has 178 valence electrons. The fraction of sp³-hybridized carbons (Fsp3) is 0.680. The molecule has 7 heteroatoms. The zero-order valence-corrected chi connectivity index (χ0v) is 20.2. The molecule has 0 radical (unpaired) electrons. The Bertz CT molecular complexity index is 790. The van der Waals surface area contributed by atoms with Gasteiger partial charge in [0.25, 0.3) is 0 Å². The number of benzene rings is 1. The average molecular weight is 446 g/mol. The number of nitrogens with zero attached hydrogens (tertiary/aromatic N) is 3. The Labute approximate surface area is 192 Å². The SMILES string of the molecule is COc1cc2c(cc1OC)CN(C(=O)CN(CCN(C)C)C(=O)CCC1CCCC1)CC2. The molecule has 1 aromatic rings. The van der Waals surface area contributed by atoms with Crippen LogP contribution in [0.2, 0.25) is 0 Å². The van der Waals surface area contributed by atoms with Gasteiger partial charge in [0.2, 0.25) is 11.8 Å². The molecule has 1 aliphatic heterocycles. The van der Waals surface area contributed by atoms with Crippen molar-refractivity contribution in [3.8, 4) is 11.5 Å². The molecular weight excluding hydrogens is 406 g/mol. The maximum Gasteiger partial charge on any atom is 0.242 e. The van der Waals surface area contributed by atoms with Gasteiger partial charge in [-0.15, -0.1) is 0 Å². The highest BCUT2D eigenvalue weighted by Gasteiger charge is 2.26. The average Bonchev–Trinajstić information content (AvgIpc) is 3.32. The van der Waals surface area contributed by atoms with Gasteiger partial charge in [-0.25, -0.2) is 0 Å². The lowest BCUT2D eigenvalue weighted by Crippen LogP contribution is -2.46. The van der Waals surface area contributed by atoms with Crippen LogP contribution in [0.4, 0.5) is 0 Å². The largest absolute Gasteiger partial charge is 0.493 e. The van der Waals surface area contributed by atoms with E-state index in [4.69, 9.17) is 9.47 Å². The van der Waals surface area contributed by atoms with Gasteiger partial charge in [-0.1, -0.05) is 25.7 Å². The molecule has 0 bridgehead atoms. The first-order chi connectivity index (χ1) is 15.4. The third kappa shape index (κ3) is 6.37. The first-order valence-electron chi connectivity index (χ1n) is 11.8. The van der Waals surface area contributed by atoms with Crippen molar-refractivity contribution in [1.29, 1.82) is 0 Å². The van der Waals surface area contributed by atoms with Crippen LogP contribution in [0.5, 0.6) is 11.5 Å². The van der Waals surface area contributed by atoms with E-state index in [1.807, 2.05) is 31.1 Å². The highest BCUT2D eigenvalue weighted by Crippen LogP contribution is 2.33. The quantitative estimate of drug-likeness (QED) is 0.554. The van der Waals surface area contributed by atoms with Crippen LogP contribution in [0.1, 0.15) is 49.7 Å². The molecule has 1 aliphatic carbocycles. The summed E-state index contributed by atoms with van der Waals surface area (Å²) in [4.78, 5) is 31.8. The molecule has 0 spiro atoms. The maximum atomic E-state index is 13.2. The Morgan fingerprint density at radius 2 is 1.69 bits per heavy atom. The fourth-order valence-electron chi connectivity index (χ4n) is 4.76. The molecule has 2 amide bonds. The molecule has 0 unspecified atom stereocenters. The van der Waals surface area contributed by atoms with Crippen molar-refractivity contribution < 1.29 is 19.1 Å². The van der Waals surface area contributed by atoms with E-state index >= 15 is 0 Å². The monoisotopic (exact) mass is 445 g/mol. The number of methoxy groups -OCH3 is 2. The summed E-state index contributed by atoms with van der Waals surface area (Å²) in [5.41, 5.74) is 2.26. The summed E-state index contributed by atoms with van der Waals surface area (Å²) in [7, 11) is 7.24. The molecule has 1 aromatic carbocycles. The van der Waals surface area contributed by atoms with Gasteiger partial charge >= 0.3 is 0 Å². The number of carbonyl (C=O) groups excluding carboxylic acids is 2. The van der Waals surface area contributed by atoms with Crippen LogP contribution in [0.25, 0.3) is 0 Å². The van der Waals surface area contributed by atoms with Crippen LogP contribution in [0.3, 0.4) is 0 Å². The van der Waals surface area contributed by atoms with Crippen molar-refractivity contribution in [1.82, 2.24) is 14.7 Å². The van der Waals surface area contributed by atoms with Crippen LogP contribution in [-0.2, 0) is 22.6 Å².